The maximum Gasteiger partial charge on any atom is 0.289 e. The molecule has 0 fully saturated rings. The number of hydrogen-bond donors (Lipinski definition) is 1. The van der Waals surface area contributed by atoms with Crippen LogP contribution >= 0.6 is 0 Å². The van der Waals surface area contributed by atoms with Gasteiger partial charge in [0, 0.05) is 12.1 Å². The fourth-order valence-corrected chi connectivity index (χ4v) is 1.38. The first-order chi connectivity index (χ1) is 8.86. The van der Waals surface area contributed by atoms with Crippen LogP contribution in [-0.4, -0.2) is 21.8 Å². The van der Waals surface area contributed by atoms with Crippen molar-refractivity contribution in [3.05, 3.63) is 44.0 Å². The average molecular weight is 267 g/mol. The molecule has 0 bridgehead atoms. The van der Waals surface area contributed by atoms with Crippen molar-refractivity contribution in [2.24, 2.45) is 0 Å². The third kappa shape index (κ3) is 3.47. The number of benzene rings is 1. The molecule has 0 radical (unpaired) electrons. The summed E-state index contributed by atoms with van der Waals surface area (Å²) in [6, 6.07) is 2.81. The van der Waals surface area contributed by atoms with E-state index in [2.05, 4.69) is 5.32 Å². The van der Waals surface area contributed by atoms with E-state index in [4.69, 9.17) is 0 Å². The number of non-ortho nitro benzene ring substituents is 1. The van der Waals surface area contributed by atoms with Gasteiger partial charge >= 0.3 is 0 Å². The van der Waals surface area contributed by atoms with Gasteiger partial charge in [-0.05, 0) is 19.4 Å². The monoisotopic (exact) mass is 267 g/mol. The number of nitrogens with zero attached hydrogens (tertiary/aromatic N) is 2. The molecule has 1 amide bonds. The maximum atomic E-state index is 11.8. The smallest absolute Gasteiger partial charge is 0.289 e. The zero-order valence-corrected chi connectivity index (χ0v) is 10.5. The number of carbonyl (C=O) groups is 1. The van der Waals surface area contributed by atoms with Gasteiger partial charge in [-0.1, -0.05) is 6.92 Å². The number of nitrogens with one attached hydrogen (secondary N) is 1. The zero-order valence-electron chi connectivity index (χ0n) is 10.5. The Kier molecular flexibility index (Phi) is 4.51. The first-order valence-electron chi connectivity index (χ1n) is 5.60. The van der Waals surface area contributed by atoms with Crippen molar-refractivity contribution in [1.29, 1.82) is 0 Å². The van der Waals surface area contributed by atoms with E-state index < -0.39 is 27.1 Å². The van der Waals surface area contributed by atoms with Crippen molar-refractivity contribution in [3.8, 4) is 0 Å². The minimum atomic E-state index is -0.807. The molecule has 0 saturated carbocycles. The van der Waals surface area contributed by atoms with Gasteiger partial charge in [-0.25, -0.2) is 0 Å². The van der Waals surface area contributed by atoms with Crippen LogP contribution in [-0.2, 0) is 0 Å². The van der Waals surface area contributed by atoms with Crippen LogP contribution in [0.2, 0.25) is 0 Å². The fourth-order valence-electron chi connectivity index (χ4n) is 1.38. The van der Waals surface area contributed by atoms with Gasteiger partial charge in [0.2, 0.25) is 0 Å². The Morgan fingerprint density at radius 3 is 2.42 bits per heavy atom. The second-order valence-corrected chi connectivity index (χ2v) is 4.00. The molecule has 0 heterocycles. The van der Waals surface area contributed by atoms with E-state index >= 15 is 0 Å². The topological polar surface area (TPSA) is 115 Å². The van der Waals surface area contributed by atoms with Crippen LogP contribution in [0.25, 0.3) is 0 Å². The van der Waals surface area contributed by atoms with Crippen LogP contribution in [0.3, 0.4) is 0 Å². The van der Waals surface area contributed by atoms with Crippen LogP contribution in [0.5, 0.6) is 0 Å². The second kappa shape index (κ2) is 5.89. The summed E-state index contributed by atoms with van der Waals surface area (Å²) in [6.45, 7) is 3.62. The van der Waals surface area contributed by atoms with E-state index in [0.29, 0.717) is 6.42 Å². The second-order valence-electron chi connectivity index (χ2n) is 4.00. The Morgan fingerprint density at radius 1 is 1.32 bits per heavy atom. The van der Waals surface area contributed by atoms with E-state index in [0.717, 1.165) is 18.2 Å². The summed E-state index contributed by atoms with van der Waals surface area (Å²) in [5.41, 5.74) is -1.18. The average Bonchev–Trinajstić information content (AvgIpc) is 2.37. The molecule has 0 aliphatic carbocycles. The number of hydrogen-bond acceptors (Lipinski definition) is 5. The third-order valence-corrected chi connectivity index (χ3v) is 2.62. The van der Waals surface area contributed by atoms with E-state index in [-0.39, 0.29) is 11.6 Å². The Labute approximate surface area is 108 Å². The Morgan fingerprint density at radius 2 is 1.95 bits per heavy atom. The molecule has 19 heavy (non-hydrogen) atoms. The lowest BCUT2D eigenvalue weighted by Gasteiger charge is -2.11. The minimum Gasteiger partial charge on any atom is -0.349 e. The van der Waals surface area contributed by atoms with Crippen molar-refractivity contribution in [2.75, 3.05) is 0 Å². The summed E-state index contributed by atoms with van der Waals surface area (Å²) in [4.78, 5) is 31.7. The molecule has 0 aliphatic rings. The van der Waals surface area contributed by atoms with Crippen molar-refractivity contribution < 1.29 is 14.6 Å². The number of amides is 1. The molecular weight excluding hydrogens is 254 g/mol. The van der Waals surface area contributed by atoms with Gasteiger partial charge in [0.05, 0.1) is 15.9 Å². The van der Waals surface area contributed by atoms with Gasteiger partial charge in [0.1, 0.15) is 5.56 Å². The molecule has 8 nitrogen and oxygen atoms in total. The zero-order chi connectivity index (χ0) is 14.6. The lowest BCUT2D eigenvalue weighted by molar-refractivity contribution is -0.394. The Bertz CT molecular complexity index is 529. The molecule has 8 heteroatoms. The normalized spacial score (nSPS) is 11.7. The first-order valence-corrected chi connectivity index (χ1v) is 5.60. The van der Waals surface area contributed by atoms with Crippen molar-refractivity contribution in [2.45, 2.75) is 26.3 Å². The summed E-state index contributed by atoms with van der Waals surface area (Å²) >= 11 is 0. The third-order valence-electron chi connectivity index (χ3n) is 2.62. The number of nitro groups is 2. The van der Waals surface area contributed by atoms with Gasteiger partial charge in [0.15, 0.2) is 0 Å². The van der Waals surface area contributed by atoms with Crippen LogP contribution < -0.4 is 5.32 Å². The molecule has 0 aromatic heterocycles. The Balaban J connectivity index is 3.17. The fraction of sp³-hybridized carbons (Fsp3) is 0.364. The van der Waals surface area contributed by atoms with Crippen LogP contribution in [0.15, 0.2) is 18.2 Å². The maximum absolute atomic E-state index is 11.8. The van der Waals surface area contributed by atoms with Gasteiger partial charge in [-0.2, -0.15) is 0 Å². The highest BCUT2D eigenvalue weighted by molar-refractivity contribution is 5.98. The van der Waals surface area contributed by atoms with Gasteiger partial charge in [-0.3, -0.25) is 25.0 Å². The summed E-state index contributed by atoms with van der Waals surface area (Å²) in [7, 11) is 0. The number of rotatable bonds is 5. The highest BCUT2D eigenvalue weighted by Gasteiger charge is 2.24. The predicted octanol–water partition coefficient (Wildman–Crippen LogP) is 2.03. The first kappa shape index (κ1) is 14.6. The van der Waals surface area contributed by atoms with Gasteiger partial charge < -0.3 is 5.32 Å². The highest BCUT2D eigenvalue weighted by atomic mass is 16.6. The van der Waals surface area contributed by atoms with E-state index in [1.54, 1.807) is 6.92 Å². The molecule has 1 rings (SSSR count). The number of carbonyl (C=O) groups excluding carboxylic acids is 1. The molecule has 1 atom stereocenters. The molecule has 1 aromatic carbocycles. The summed E-state index contributed by atoms with van der Waals surface area (Å²) in [5, 5.41) is 24.0. The van der Waals surface area contributed by atoms with E-state index in [1.807, 2.05) is 6.92 Å². The van der Waals surface area contributed by atoms with Gasteiger partial charge in [0.25, 0.3) is 17.3 Å². The van der Waals surface area contributed by atoms with Gasteiger partial charge in [-0.15, -0.1) is 0 Å². The summed E-state index contributed by atoms with van der Waals surface area (Å²) < 4.78 is 0. The van der Waals surface area contributed by atoms with Crippen molar-refractivity contribution in [1.82, 2.24) is 5.32 Å². The van der Waals surface area contributed by atoms with Crippen molar-refractivity contribution >= 4 is 17.3 Å². The highest BCUT2D eigenvalue weighted by Crippen LogP contribution is 2.24. The summed E-state index contributed by atoms with van der Waals surface area (Å²) in [6.07, 6.45) is 0.673. The van der Waals surface area contributed by atoms with Crippen LogP contribution in [0.1, 0.15) is 30.6 Å². The molecule has 0 saturated heterocycles. The lowest BCUT2D eigenvalue weighted by atomic mass is 10.1. The molecular formula is C11H13N3O5. The summed E-state index contributed by atoms with van der Waals surface area (Å²) in [5.74, 6) is -0.615. The quantitative estimate of drug-likeness (QED) is 0.647. The molecule has 0 aliphatic heterocycles. The largest absolute Gasteiger partial charge is 0.349 e. The van der Waals surface area contributed by atoms with E-state index in [1.165, 1.54) is 0 Å². The van der Waals surface area contributed by atoms with Crippen LogP contribution in [0.4, 0.5) is 11.4 Å². The van der Waals surface area contributed by atoms with E-state index in [9.17, 15) is 25.0 Å². The molecule has 1 unspecified atom stereocenters. The minimum absolute atomic E-state index is 0.137. The lowest BCUT2D eigenvalue weighted by Crippen LogP contribution is -2.32. The Hall–Kier alpha value is -2.51. The van der Waals surface area contributed by atoms with Crippen molar-refractivity contribution in [3.63, 3.8) is 0 Å². The molecule has 0 spiro atoms. The number of nitro benzene ring substituents is 2. The standard InChI is InChI=1S/C11H13N3O5/c1-3-7(2)12-11(15)9-5-4-8(13(16)17)6-10(9)14(18)19/h4-7H,3H2,1-2H3,(H,12,15). The SMILES string of the molecule is CCC(C)NC(=O)c1ccc([N+](=O)[O-])cc1[N+](=O)[O-]. The van der Waals surface area contributed by atoms with Crippen LogP contribution in [0, 0.1) is 20.2 Å². The molecule has 102 valence electrons. The predicted molar refractivity (Wildman–Crippen MR) is 67.0 cm³/mol. The molecule has 1 N–H and O–H groups in total. The molecule has 1 aromatic rings.